The number of rotatable bonds is 4. The molecule has 0 amide bonds. The Hall–Kier alpha value is -1.01. The van der Waals surface area contributed by atoms with E-state index in [4.69, 9.17) is 0 Å². The van der Waals surface area contributed by atoms with E-state index in [9.17, 15) is 12.8 Å². The van der Waals surface area contributed by atoms with Crippen molar-refractivity contribution in [3.63, 3.8) is 0 Å². The highest BCUT2D eigenvalue weighted by Gasteiger charge is 2.46. The molecule has 6 heteroatoms. The minimum Gasteiger partial charge on any atom is -0.237 e. The summed E-state index contributed by atoms with van der Waals surface area (Å²) in [5.74, 6) is -0.436. The normalized spacial score (nSPS) is 27.1. The van der Waals surface area contributed by atoms with Crippen molar-refractivity contribution in [2.75, 3.05) is 0 Å². The second-order valence-electron chi connectivity index (χ2n) is 5.53. The smallest absolute Gasteiger partial charge is 0.214 e. The quantitative estimate of drug-likeness (QED) is 0.929. The third-order valence-electron chi connectivity index (χ3n) is 3.84. The van der Waals surface area contributed by atoms with E-state index in [1.165, 1.54) is 24.3 Å². The van der Waals surface area contributed by atoms with Crippen LogP contribution < -0.4 is 4.72 Å². The third kappa shape index (κ3) is 2.86. The van der Waals surface area contributed by atoms with E-state index in [1.54, 1.807) is 13.8 Å². The average Bonchev–Trinajstić information content (AvgIpc) is 2.72. The molecule has 1 aliphatic carbocycles. The van der Waals surface area contributed by atoms with Gasteiger partial charge in [0, 0.05) is 0 Å². The molecule has 0 aromatic heterocycles. The predicted octanol–water partition coefficient (Wildman–Crippen LogP) is 2.87. The standard InChI is InChI=1S/C14H19F2NO2S/c1-10(2)20(18,19)17-13-4-3-9-14(13,16)11-5-7-12(15)8-6-11/h5-8,10,13,17H,3-4,9H2,1-2H3/t13-,14-/m0/s1. The summed E-state index contributed by atoms with van der Waals surface area (Å²) < 4.78 is 54.4. The van der Waals surface area contributed by atoms with E-state index in [-0.39, 0.29) is 6.42 Å². The minimum atomic E-state index is -3.53. The van der Waals surface area contributed by atoms with Gasteiger partial charge in [0.05, 0.1) is 11.3 Å². The monoisotopic (exact) mass is 303 g/mol. The van der Waals surface area contributed by atoms with E-state index < -0.39 is 32.8 Å². The first-order chi connectivity index (χ1) is 9.25. The van der Waals surface area contributed by atoms with Crippen LogP contribution in [0.15, 0.2) is 24.3 Å². The Morgan fingerprint density at radius 3 is 2.45 bits per heavy atom. The van der Waals surface area contributed by atoms with E-state index in [1.807, 2.05) is 0 Å². The van der Waals surface area contributed by atoms with Crippen molar-refractivity contribution in [1.29, 1.82) is 0 Å². The Kier molecular flexibility index (Phi) is 4.16. The summed E-state index contributed by atoms with van der Waals surface area (Å²) in [5.41, 5.74) is -1.44. The lowest BCUT2D eigenvalue weighted by Crippen LogP contribution is -2.46. The summed E-state index contributed by atoms with van der Waals surface area (Å²) in [6.45, 7) is 3.10. The maximum Gasteiger partial charge on any atom is 0.214 e. The number of benzene rings is 1. The number of sulfonamides is 1. The first-order valence-electron chi connectivity index (χ1n) is 6.72. The Bertz CT molecular complexity index is 571. The van der Waals surface area contributed by atoms with Crippen LogP contribution >= 0.6 is 0 Å². The first-order valence-corrected chi connectivity index (χ1v) is 8.26. The number of alkyl halides is 1. The van der Waals surface area contributed by atoms with Gasteiger partial charge in [0.2, 0.25) is 10.0 Å². The lowest BCUT2D eigenvalue weighted by molar-refractivity contribution is 0.142. The molecular formula is C14H19F2NO2S. The van der Waals surface area contributed by atoms with Gasteiger partial charge in [-0.05, 0) is 50.8 Å². The van der Waals surface area contributed by atoms with Crippen molar-refractivity contribution < 1.29 is 17.2 Å². The van der Waals surface area contributed by atoms with Crippen LogP contribution in [0.3, 0.4) is 0 Å². The van der Waals surface area contributed by atoms with Gasteiger partial charge in [0.1, 0.15) is 5.82 Å². The molecule has 0 unspecified atom stereocenters. The summed E-state index contributed by atoms with van der Waals surface area (Å²) >= 11 is 0. The van der Waals surface area contributed by atoms with Crippen LogP contribution in [0.5, 0.6) is 0 Å². The maximum atomic E-state index is 15.2. The van der Waals surface area contributed by atoms with Crippen LogP contribution in [0.25, 0.3) is 0 Å². The lowest BCUT2D eigenvalue weighted by Gasteiger charge is -2.29. The largest absolute Gasteiger partial charge is 0.237 e. The number of hydrogen-bond acceptors (Lipinski definition) is 2. The van der Waals surface area contributed by atoms with E-state index >= 15 is 4.39 Å². The van der Waals surface area contributed by atoms with E-state index in [0.717, 1.165) is 0 Å². The summed E-state index contributed by atoms with van der Waals surface area (Å²) in [6, 6.07) is 4.38. The van der Waals surface area contributed by atoms with Crippen molar-refractivity contribution >= 4 is 10.0 Å². The Morgan fingerprint density at radius 1 is 1.30 bits per heavy atom. The molecule has 0 spiro atoms. The highest BCUT2D eigenvalue weighted by Crippen LogP contribution is 2.43. The van der Waals surface area contributed by atoms with Crippen LogP contribution in [0.2, 0.25) is 0 Å². The molecule has 1 aliphatic rings. The van der Waals surface area contributed by atoms with Gasteiger partial charge in [-0.2, -0.15) is 0 Å². The lowest BCUT2D eigenvalue weighted by atomic mass is 9.91. The van der Waals surface area contributed by atoms with Crippen LogP contribution in [-0.2, 0) is 15.7 Å². The minimum absolute atomic E-state index is 0.240. The zero-order valence-corrected chi connectivity index (χ0v) is 12.4. The molecule has 1 fully saturated rings. The number of halogens is 2. The number of hydrogen-bond donors (Lipinski definition) is 1. The predicted molar refractivity (Wildman–Crippen MR) is 74.0 cm³/mol. The average molecular weight is 303 g/mol. The molecule has 0 bridgehead atoms. The molecule has 0 heterocycles. The molecule has 3 nitrogen and oxygen atoms in total. The summed E-state index contributed by atoms with van der Waals surface area (Å²) in [7, 11) is -3.53. The molecule has 2 atom stereocenters. The molecule has 20 heavy (non-hydrogen) atoms. The molecule has 1 aromatic rings. The molecule has 0 saturated heterocycles. The highest BCUT2D eigenvalue weighted by molar-refractivity contribution is 7.90. The SMILES string of the molecule is CC(C)S(=O)(=O)N[C@H]1CCC[C@]1(F)c1ccc(F)cc1. The zero-order chi connectivity index (χ0) is 15.0. The van der Waals surface area contributed by atoms with Gasteiger partial charge in [-0.15, -0.1) is 0 Å². The molecule has 1 N–H and O–H groups in total. The van der Waals surface area contributed by atoms with E-state index in [0.29, 0.717) is 18.4 Å². The van der Waals surface area contributed by atoms with Crippen LogP contribution in [0.4, 0.5) is 8.78 Å². The first kappa shape index (κ1) is 15.4. The summed E-state index contributed by atoms with van der Waals surface area (Å²) in [4.78, 5) is 0. The molecule has 0 radical (unpaired) electrons. The van der Waals surface area contributed by atoms with Crippen molar-refractivity contribution in [1.82, 2.24) is 4.72 Å². The zero-order valence-electron chi connectivity index (χ0n) is 11.6. The van der Waals surface area contributed by atoms with Crippen LogP contribution in [0.1, 0.15) is 38.7 Å². The Balaban J connectivity index is 2.28. The van der Waals surface area contributed by atoms with Crippen molar-refractivity contribution in [3.05, 3.63) is 35.6 Å². The topological polar surface area (TPSA) is 46.2 Å². The van der Waals surface area contributed by atoms with Crippen molar-refractivity contribution in [2.45, 2.75) is 50.1 Å². The van der Waals surface area contributed by atoms with Gasteiger partial charge in [-0.1, -0.05) is 12.1 Å². The van der Waals surface area contributed by atoms with Gasteiger partial charge >= 0.3 is 0 Å². The third-order valence-corrected chi connectivity index (χ3v) is 5.69. The molecule has 112 valence electrons. The van der Waals surface area contributed by atoms with Crippen LogP contribution in [0, 0.1) is 5.82 Å². The van der Waals surface area contributed by atoms with Gasteiger partial charge in [-0.3, -0.25) is 0 Å². The Labute approximate surface area is 118 Å². The number of nitrogens with one attached hydrogen (secondary N) is 1. The molecule has 1 saturated carbocycles. The van der Waals surface area contributed by atoms with Crippen LogP contribution in [-0.4, -0.2) is 19.7 Å². The molecular weight excluding hydrogens is 284 g/mol. The van der Waals surface area contributed by atoms with Gasteiger partial charge in [-0.25, -0.2) is 21.9 Å². The fourth-order valence-corrected chi connectivity index (χ4v) is 3.50. The van der Waals surface area contributed by atoms with Crippen molar-refractivity contribution in [2.24, 2.45) is 0 Å². The second kappa shape index (κ2) is 5.41. The fourth-order valence-electron chi connectivity index (χ4n) is 2.53. The second-order valence-corrected chi connectivity index (χ2v) is 7.79. The molecule has 2 rings (SSSR count). The van der Waals surface area contributed by atoms with Gasteiger partial charge in [0.15, 0.2) is 5.67 Å². The van der Waals surface area contributed by atoms with Gasteiger partial charge < -0.3 is 0 Å². The highest BCUT2D eigenvalue weighted by atomic mass is 32.2. The van der Waals surface area contributed by atoms with Gasteiger partial charge in [0.25, 0.3) is 0 Å². The molecule has 0 aliphatic heterocycles. The van der Waals surface area contributed by atoms with Crippen molar-refractivity contribution in [3.8, 4) is 0 Å². The maximum absolute atomic E-state index is 15.2. The summed E-state index contributed by atoms with van der Waals surface area (Å²) in [5, 5.41) is -0.611. The van der Waals surface area contributed by atoms with E-state index in [2.05, 4.69) is 4.72 Å². The molecule has 1 aromatic carbocycles. The summed E-state index contributed by atoms with van der Waals surface area (Å²) in [6.07, 6.45) is 1.28. The Morgan fingerprint density at radius 2 is 1.90 bits per heavy atom. The fraction of sp³-hybridized carbons (Fsp3) is 0.571.